The van der Waals surface area contributed by atoms with Gasteiger partial charge in [-0.3, -0.25) is 0 Å². The molecule has 0 spiro atoms. The molecular weight excluding hydrogens is 120 g/mol. The number of hydrogen-bond donors (Lipinski definition) is 0. The predicted octanol–water partition coefficient (Wildman–Crippen LogP) is 1.34. The summed E-state index contributed by atoms with van der Waals surface area (Å²) in [6.07, 6.45) is 1.81. The van der Waals surface area contributed by atoms with Crippen LogP contribution in [0, 0.1) is 6.92 Å². The fourth-order valence-corrected chi connectivity index (χ4v) is 1.32. The van der Waals surface area contributed by atoms with Crippen molar-refractivity contribution in [1.29, 1.82) is 0 Å². The van der Waals surface area contributed by atoms with E-state index < -0.39 is 0 Å². The van der Waals surface area contributed by atoms with E-state index in [2.05, 4.69) is 6.92 Å². The van der Waals surface area contributed by atoms with Gasteiger partial charge in [-0.25, -0.2) is 0 Å². The zero-order valence-corrected chi connectivity index (χ0v) is 5.75. The van der Waals surface area contributed by atoms with Gasteiger partial charge >= 0.3 is 0 Å². The summed E-state index contributed by atoms with van der Waals surface area (Å²) in [6, 6.07) is 0. The molecule has 47 valence electrons. The summed E-state index contributed by atoms with van der Waals surface area (Å²) in [5.74, 6) is 2.11. The van der Waals surface area contributed by atoms with E-state index in [1.165, 1.54) is 6.42 Å². The third kappa shape index (κ3) is 1.67. The lowest BCUT2D eigenvalue weighted by atomic mass is 10.2. The number of rotatable bonds is 3. The van der Waals surface area contributed by atoms with Gasteiger partial charge in [0.2, 0.25) is 0 Å². The Morgan fingerprint density at radius 1 is 1.75 bits per heavy atom. The van der Waals surface area contributed by atoms with Crippen LogP contribution in [0.4, 0.5) is 0 Å². The molecule has 8 heavy (non-hydrogen) atoms. The second-order valence-electron chi connectivity index (χ2n) is 1.86. The highest BCUT2D eigenvalue weighted by Gasteiger charge is 2.16. The van der Waals surface area contributed by atoms with Crippen molar-refractivity contribution in [2.24, 2.45) is 0 Å². The Balaban J connectivity index is 1.86. The number of hydrogen-bond acceptors (Lipinski definition) is 2. The topological polar surface area (TPSA) is 9.23 Å². The zero-order chi connectivity index (χ0) is 5.82. The van der Waals surface area contributed by atoms with Gasteiger partial charge in [0.1, 0.15) is 0 Å². The van der Waals surface area contributed by atoms with Crippen molar-refractivity contribution in [3.05, 3.63) is 6.92 Å². The number of ether oxygens (including phenoxy) is 1. The molecule has 0 aromatic rings. The van der Waals surface area contributed by atoms with Crippen molar-refractivity contribution < 1.29 is 4.74 Å². The standard InChI is InChI=1S/C6H11OS/c1-2-8-5-6-3-4-7-6/h6H,1-5H2. The molecule has 1 atom stereocenters. The van der Waals surface area contributed by atoms with Gasteiger partial charge in [0.15, 0.2) is 0 Å². The van der Waals surface area contributed by atoms with Crippen LogP contribution in [0.1, 0.15) is 6.42 Å². The summed E-state index contributed by atoms with van der Waals surface area (Å²) < 4.78 is 5.18. The molecule has 1 heterocycles. The van der Waals surface area contributed by atoms with Crippen molar-refractivity contribution in [1.82, 2.24) is 0 Å². The molecule has 0 aromatic heterocycles. The van der Waals surface area contributed by atoms with Crippen molar-refractivity contribution >= 4 is 11.8 Å². The van der Waals surface area contributed by atoms with Crippen LogP contribution < -0.4 is 0 Å². The van der Waals surface area contributed by atoms with Crippen LogP contribution in [0.5, 0.6) is 0 Å². The van der Waals surface area contributed by atoms with Crippen LogP contribution in [0.25, 0.3) is 0 Å². The maximum atomic E-state index is 5.18. The highest BCUT2D eigenvalue weighted by molar-refractivity contribution is 7.99. The molecule has 1 saturated heterocycles. The summed E-state index contributed by atoms with van der Waals surface area (Å²) in [5.41, 5.74) is 0. The lowest BCUT2D eigenvalue weighted by Gasteiger charge is -2.25. The molecule has 0 N–H and O–H groups in total. The van der Waals surface area contributed by atoms with Gasteiger partial charge in [-0.1, -0.05) is 0 Å². The first-order valence-corrected chi connectivity index (χ1v) is 4.07. The van der Waals surface area contributed by atoms with E-state index in [-0.39, 0.29) is 0 Å². The average molecular weight is 131 g/mol. The van der Waals surface area contributed by atoms with E-state index in [1.54, 1.807) is 0 Å². The van der Waals surface area contributed by atoms with Crippen molar-refractivity contribution in [2.45, 2.75) is 12.5 Å². The maximum absolute atomic E-state index is 5.18. The van der Waals surface area contributed by atoms with Crippen LogP contribution in [0.15, 0.2) is 0 Å². The Morgan fingerprint density at radius 2 is 2.50 bits per heavy atom. The van der Waals surface area contributed by atoms with Crippen LogP contribution in [0.2, 0.25) is 0 Å². The van der Waals surface area contributed by atoms with Gasteiger partial charge in [0.05, 0.1) is 6.10 Å². The van der Waals surface area contributed by atoms with E-state index in [9.17, 15) is 0 Å². The van der Waals surface area contributed by atoms with E-state index in [4.69, 9.17) is 4.74 Å². The van der Waals surface area contributed by atoms with Gasteiger partial charge in [-0.2, -0.15) is 11.8 Å². The normalized spacial score (nSPS) is 27.4. The Kier molecular flexibility index (Phi) is 2.70. The molecule has 1 radical (unpaired) electrons. The van der Waals surface area contributed by atoms with Crippen LogP contribution in [0.3, 0.4) is 0 Å². The molecule has 1 aliphatic rings. The molecule has 2 heteroatoms. The Labute approximate surface area is 54.8 Å². The Hall–Kier alpha value is 0.310. The van der Waals surface area contributed by atoms with E-state index in [1.807, 2.05) is 11.8 Å². The minimum atomic E-state index is 0.557. The zero-order valence-electron chi connectivity index (χ0n) is 4.93. The van der Waals surface area contributed by atoms with Crippen molar-refractivity contribution in [3.8, 4) is 0 Å². The van der Waals surface area contributed by atoms with Gasteiger partial charge in [-0.05, 0) is 19.1 Å². The first-order chi connectivity index (χ1) is 3.93. The van der Waals surface area contributed by atoms with Crippen molar-refractivity contribution in [3.63, 3.8) is 0 Å². The highest BCUT2D eigenvalue weighted by atomic mass is 32.2. The van der Waals surface area contributed by atoms with Gasteiger partial charge in [-0.15, -0.1) is 0 Å². The molecule has 1 unspecified atom stereocenters. The number of thioether (sulfide) groups is 1. The lowest BCUT2D eigenvalue weighted by Crippen LogP contribution is -2.28. The quantitative estimate of drug-likeness (QED) is 0.571. The summed E-state index contributed by atoms with van der Waals surface area (Å²) in [7, 11) is 0. The fraction of sp³-hybridized carbons (Fsp3) is 0.833. The monoisotopic (exact) mass is 131 g/mol. The minimum Gasteiger partial charge on any atom is -0.377 e. The highest BCUT2D eigenvalue weighted by Crippen LogP contribution is 2.15. The van der Waals surface area contributed by atoms with Gasteiger partial charge in [0.25, 0.3) is 0 Å². The smallest absolute Gasteiger partial charge is 0.0687 e. The SMILES string of the molecule is [CH2]CSCC1CCO1. The van der Waals surface area contributed by atoms with E-state index >= 15 is 0 Å². The third-order valence-corrected chi connectivity index (χ3v) is 2.14. The van der Waals surface area contributed by atoms with Crippen molar-refractivity contribution in [2.75, 3.05) is 18.1 Å². The van der Waals surface area contributed by atoms with Crippen LogP contribution in [-0.4, -0.2) is 24.2 Å². The fourth-order valence-electron chi connectivity index (χ4n) is 0.631. The summed E-state index contributed by atoms with van der Waals surface area (Å²) >= 11 is 1.86. The largest absolute Gasteiger partial charge is 0.377 e. The van der Waals surface area contributed by atoms with Gasteiger partial charge in [0, 0.05) is 12.4 Å². The molecule has 0 saturated carbocycles. The van der Waals surface area contributed by atoms with Gasteiger partial charge < -0.3 is 4.74 Å². The summed E-state index contributed by atoms with van der Waals surface area (Å²) in [6.45, 7) is 4.70. The summed E-state index contributed by atoms with van der Waals surface area (Å²) in [5, 5.41) is 0. The van der Waals surface area contributed by atoms with Crippen LogP contribution >= 0.6 is 11.8 Å². The summed E-state index contributed by atoms with van der Waals surface area (Å²) in [4.78, 5) is 0. The Bertz CT molecular complexity index is 61.5. The molecule has 1 rings (SSSR count). The first-order valence-electron chi connectivity index (χ1n) is 2.92. The first kappa shape index (κ1) is 6.43. The lowest BCUT2D eigenvalue weighted by molar-refractivity contribution is -0.0343. The van der Waals surface area contributed by atoms with E-state index in [0.29, 0.717) is 6.10 Å². The average Bonchev–Trinajstić information content (AvgIpc) is 1.63. The third-order valence-electron chi connectivity index (χ3n) is 1.24. The molecule has 1 nitrogen and oxygen atoms in total. The molecule has 1 aliphatic heterocycles. The molecule has 0 aliphatic carbocycles. The second kappa shape index (κ2) is 3.36. The molecule has 0 aromatic carbocycles. The minimum absolute atomic E-state index is 0.557. The second-order valence-corrected chi connectivity index (χ2v) is 3.01. The molecule has 0 amide bonds. The molecule has 0 bridgehead atoms. The Morgan fingerprint density at radius 3 is 2.88 bits per heavy atom. The molecular formula is C6H11OS. The van der Waals surface area contributed by atoms with Crippen LogP contribution in [-0.2, 0) is 4.74 Å². The predicted molar refractivity (Wildman–Crippen MR) is 37.0 cm³/mol. The maximum Gasteiger partial charge on any atom is 0.0687 e. The molecule has 1 fully saturated rings. The van der Waals surface area contributed by atoms with E-state index in [0.717, 1.165) is 18.1 Å².